The molecule has 3 heterocycles. The van der Waals surface area contributed by atoms with E-state index in [2.05, 4.69) is 15.6 Å². The quantitative estimate of drug-likeness (QED) is 0.388. The Labute approximate surface area is 213 Å². The van der Waals surface area contributed by atoms with Crippen molar-refractivity contribution in [2.75, 3.05) is 32.0 Å². The Balaban J connectivity index is 1.59. The van der Waals surface area contributed by atoms with Gasteiger partial charge < -0.3 is 24.8 Å². The molecule has 0 spiro atoms. The van der Waals surface area contributed by atoms with Crippen LogP contribution in [0.25, 0.3) is 11.4 Å². The lowest BCUT2D eigenvalue weighted by Crippen LogP contribution is -2.31. The molecule has 5 rings (SSSR count). The zero-order valence-corrected chi connectivity index (χ0v) is 20.9. The number of allylic oxidation sites excluding steroid dienone is 1. The number of para-hydroxylation sites is 2. The van der Waals surface area contributed by atoms with E-state index in [1.165, 1.54) is 0 Å². The summed E-state index contributed by atoms with van der Waals surface area (Å²) in [5, 5.41) is 11.1. The first-order chi connectivity index (χ1) is 18.0. The minimum Gasteiger partial charge on any atom is -0.497 e. The summed E-state index contributed by atoms with van der Waals surface area (Å²) in [4.78, 5) is 22.6. The summed E-state index contributed by atoms with van der Waals surface area (Å²) < 4.78 is 18.0. The van der Waals surface area contributed by atoms with Gasteiger partial charge >= 0.3 is 0 Å². The van der Waals surface area contributed by atoms with E-state index in [4.69, 9.17) is 24.3 Å². The summed E-state index contributed by atoms with van der Waals surface area (Å²) in [5.41, 5.74) is 3.26. The fourth-order valence-electron chi connectivity index (χ4n) is 4.30. The van der Waals surface area contributed by atoms with Crippen LogP contribution in [0.3, 0.4) is 0 Å². The van der Waals surface area contributed by atoms with Gasteiger partial charge in [0.25, 0.3) is 5.91 Å². The molecule has 1 atom stereocenters. The van der Waals surface area contributed by atoms with Crippen LogP contribution >= 0.6 is 0 Å². The summed E-state index contributed by atoms with van der Waals surface area (Å²) in [6, 6.07) is 15.9. The first kappa shape index (κ1) is 23.9. The van der Waals surface area contributed by atoms with E-state index in [0.717, 1.165) is 5.56 Å². The first-order valence-corrected chi connectivity index (χ1v) is 11.5. The number of carbonyl (C=O) groups is 1. The van der Waals surface area contributed by atoms with Crippen LogP contribution in [0.1, 0.15) is 18.5 Å². The third kappa shape index (κ3) is 4.56. The number of anilines is 2. The molecule has 0 radical (unpaired) electrons. The maximum absolute atomic E-state index is 13.7. The second-order valence-corrected chi connectivity index (χ2v) is 8.31. The van der Waals surface area contributed by atoms with Crippen LogP contribution in [-0.4, -0.2) is 47.0 Å². The standard InChI is InChI=1S/C27H26N6O4/c1-16-23(26(34)30-21-7-5-6-8-22(21)37-4)24(17-9-11-28-12-10-17)33-27(29-16)31-25(32-33)18-13-19(35-2)15-20(14-18)36-3/h5-15,24H,1-4H3,(H,30,34)(H,29,31,32). The molecule has 1 unspecified atom stereocenters. The average Bonchev–Trinajstić information content (AvgIpc) is 3.36. The third-order valence-electron chi connectivity index (χ3n) is 6.08. The minimum atomic E-state index is -0.553. The van der Waals surface area contributed by atoms with Gasteiger partial charge in [0.1, 0.15) is 23.3 Å². The molecule has 188 valence electrons. The van der Waals surface area contributed by atoms with Crippen molar-refractivity contribution in [3.63, 3.8) is 0 Å². The van der Waals surface area contributed by atoms with Crippen molar-refractivity contribution >= 4 is 17.5 Å². The van der Waals surface area contributed by atoms with Crippen molar-refractivity contribution in [2.45, 2.75) is 13.0 Å². The Morgan fingerprint density at radius 2 is 1.68 bits per heavy atom. The molecule has 10 heteroatoms. The Hall–Kier alpha value is -4.86. The highest BCUT2D eigenvalue weighted by Crippen LogP contribution is 2.38. The summed E-state index contributed by atoms with van der Waals surface area (Å²) in [5.74, 6) is 2.47. The number of pyridine rings is 1. The zero-order chi connectivity index (χ0) is 25.9. The molecule has 0 fully saturated rings. The Kier molecular flexibility index (Phi) is 6.46. The number of nitrogens with zero attached hydrogens (tertiary/aromatic N) is 4. The van der Waals surface area contributed by atoms with Crippen LogP contribution < -0.4 is 24.8 Å². The van der Waals surface area contributed by atoms with E-state index in [0.29, 0.717) is 51.5 Å². The fraction of sp³-hybridized carbons (Fsp3) is 0.185. The third-order valence-corrected chi connectivity index (χ3v) is 6.08. The number of nitrogens with one attached hydrogen (secondary N) is 2. The van der Waals surface area contributed by atoms with Gasteiger partial charge in [-0.25, -0.2) is 4.68 Å². The van der Waals surface area contributed by atoms with Crippen molar-refractivity contribution < 1.29 is 19.0 Å². The molecule has 37 heavy (non-hydrogen) atoms. The van der Waals surface area contributed by atoms with Gasteiger partial charge in [0.15, 0.2) is 5.82 Å². The average molecular weight is 499 g/mol. The maximum Gasteiger partial charge on any atom is 0.255 e. The smallest absolute Gasteiger partial charge is 0.255 e. The molecule has 1 aliphatic rings. The topological polar surface area (TPSA) is 112 Å². The molecular formula is C27H26N6O4. The van der Waals surface area contributed by atoms with E-state index in [9.17, 15) is 4.79 Å². The predicted molar refractivity (Wildman–Crippen MR) is 139 cm³/mol. The summed E-state index contributed by atoms with van der Waals surface area (Å²) in [7, 11) is 4.74. The van der Waals surface area contributed by atoms with Crippen LogP contribution in [0, 0.1) is 0 Å². The number of ether oxygens (including phenoxy) is 3. The molecule has 2 aromatic heterocycles. The first-order valence-electron chi connectivity index (χ1n) is 11.5. The Morgan fingerprint density at radius 3 is 2.35 bits per heavy atom. The lowest BCUT2D eigenvalue weighted by Gasteiger charge is -2.28. The van der Waals surface area contributed by atoms with E-state index in [1.54, 1.807) is 56.6 Å². The van der Waals surface area contributed by atoms with E-state index in [1.807, 2.05) is 43.3 Å². The van der Waals surface area contributed by atoms with Gasteiger partial charge in [0.05, 0.1) is 32.6 Å². The second-order valence-electron chi connectivity index (χ2n) is 8.31. The van der Waals surface area contributed by atoms with Crippen molar-refractivity contribution in [1.29, 1.82) is 0 Å². The number of fused-ring (bicyclic) bond motifs is 1. The van der Waals surface area contributed by atoms with Crippen LogP contribution in [0.5, 0.6) is 17.2 Å². The number of hydrogen-bond acceptors (Lipinski definition) is 8. The normalized spacial score (nSPS) is 14.4. The van der Waals surface area contributed by atoms with Gasteiger partial charge in [-0.3, -0.25) is 9.78 Å². The predicted octanol–water partition coefficient (Wildman–Crippen LogP) is 4.29. The number of rotatable bonds is 7. The largest absolute Gasteiger partial charge is 0.497 e. The summed E-state index contributed by atoms with van der Waals surface area (Å²) >= 11 is 0. The number of benzene rings is 2. The van der Waals surface area contributed by atoms with Gasteiger partial charge in [-0.1, -0.05) is 12.1 Å². The molecule has 1 aliphatic heterocycles. The molecule has 10 nitrogen and oxygen atoms in total. The van der Waals surface area contributed by atoms with Gasteiger partial charge in [-0.2, -0.15) is 4.98 Å². The van der Waals surface area contributed by atoms with Crippen LogP contribution in [0.15, 0.2) is 78.3 Å². The lowest BCUT2D eigenvalue weighted by molar-refractivity contribution is -0.113. The van der Waals surface area contributed by atoms with Crippen molar-refractivity contribution in [3.8, 4) is 28.6 Å². The number of hydrogen-bond donors (Lipinski definition) is 2. The van der Waals surface area contributed by atoms with Gasteiger partial charge in [-0.15, -0.1) is 5.10 Å². The molecular weight excluding hydrogens is 472 g/mol. The summed E-state index contributed by atoms with van der Waals surface area (Å²) in [6.45, 7) is 1.84. The van der Waals surface area contributed by atoms with Crippen molar-refractivity contribution in [1.82, 2.24) is 19.7 Å². The van der Waals surface area contributed by atoms with E-state index < -0.39 is 6.04 Å². The zero-order valence-electron chi connectivity index (χ0n) is 20.9. The Bertz CT molecular complexity index is 1460. The van der Waals surface area contributed by atoms with Gasteiger partial charge in [-0.05, 0) is 48.9 Å². The molecule has 4 aromatic rings. The molecule has 0 saturated carbocycles. The van der Waals surface area contributed by atoms with E-state index >= 15 is 0 Å². The summed E-state index contributed by atoms with van der Waals surface area (Å²) in [6.07, 6.45) is 3.37. The van der Waals surface area contributed by atoms with Gasteiger partial charge in [0, 0.05) is 29.7 Å². The van der Waals surface area contributed by atoms with Crippen LogP contribution in [-0.2, 0) is 4.79 Å². The maximum atomic E-state index is 13.7. The molecule has 0 saturated heterocycles. The Morgan fingerprint density at radius 1 is 0.973 bits per heavy atom. The number of carbonyl (C=O) groups excluding carboxylic acids is 1. The molecule has 2 N–H and O–H groups in total. The highest BCUT2D eigenvalue weighted by atomic mass is 16.5. The minimum absolute atomic E-state index is 0.290. The van der Waals surface area contributed by atoms with Crippen LogP contribution in [0.4, 0.5) is 11.6 Å². The van der Waals surface area contributed by atoms with Gasteiger partial charge in [0.2, 0.25) is 5.95 Å². The van der Waals surface area contributed by atoms with Crippen molar-refractivity contribution in [3.05, 3.63) is 83.8 Å². The molecule has 0 bridgehead atoms. The number of aromatic nitrogens is 4. The highest BCUT2D eigenvalue weighted by molar-refractivity contribution is 6.06. The van der Waals surface area contributed by atoms with Crippen molar-refractivity contribution in [2.24, 2.45) is 0 Å². The number of methoxy groups -OCH3 is 3. The van der Waals surface area contributed by atoms with Crippen LogP contribution in [0.2, 0.25) is 0 Å². The second kappa shape index (κ2) is 10.0. The SMILES string of the molecule is COc1cc(OC)cc(-c2nc3n(n2)C(c2ccncc2)C(C(=O)Nc2ccccc2OC)=C(C)N3)c1. The molecule has 2 aromatic carbocycles. The number of amides is 1. The fourth-order valence-corrected chi connectivity index (χ4v) is 4.30. The molecule has 1 amide bonds. The van der Waals surface area contributed by atoms with E-state index in [-0.39, 0.29) is 5.91 Å². The highest BCUT2D eigenvalue weighted by Gasteiger charge is 2.34. The lowest BCUT2D eigenvalue weighted by atomic mass is 9.96. The molecule has 0 aliphatic carbocycles. The monoisotopic (exact) mass is 498 g/mol.